The van der Waals surface area contributed by atoms with Crippen molar-refractivity contribution in [1.82, 2.24) is 0 Å². The van der Waals surface area contributed by atoms with E-state index < -0.39 is 6.10 Å². The van der Waals surface area contributed by atoms with Crippen LogP contribution in [0.25, 0.3) is 0 Å². The summed E-state index contributed by atoms with van der Waals surface area (Å²) in [5.41, 5.74) is 1.83. The summed E-state index contributed by atoms with van der Waals surface area (Å²) < 4.78 is 5.66. The first-order chi connectivity index (χ1) is 8.95. The Bertz CT molecular complexity index is 484. The van der Waals surface area contributed by atoms with Crippen molar-refractivity contribution in [2.45, 2.75) is 32.8 Å². The minimum atomic E-state index is -0.459. The summed E-state index contributed by atoms with van der Waals surface area (Å²) in [6.07, 6.45) is -0.459. The van der Waals surface area contributed by atoms with E-state index in [1.807, 2.05) is 18.2 Å². The Morgan fingerprint density at radius 1 is 1.42 bits per heavy atom. The minimum absolute atomic E-state index is 0.0391. The lowest BCUT2D eigenvalue weighted by Gasteiger charge is -2.31. The Morgan fingerprint density at radius 3 is 2.68 bits per heavy atom. The van der Waals surface area contributed by atoms with Gasteiger partial charge in [-0.25, -0.2) is 0 Å². The summed E-state index contributed by atoms with van der Waals surface area (Å²) >= 11 is 0. The number of fused-ring (bicyclic) bond motifs is 1. The van der Waals surface area contributed by atoms with E-state index in [4.69, 9.17) is 4.74 Å². The van der Waals surface area contributed by atoms with Crippen LogP contribution in [-0.4, -0.2) is 30.8 Å². The molecular formula is C15H21NO3. The Balaban J connectivity index is 2.39. The third-order valence-corrected chi connectivity index (χ3v) is 3.76. The van der Waals surface area contributed by atoms with E-state index in [1.165, 1.54) is 0 Å². The zero-order valence-corrected chi connectivity index (χ0v) is 11.9. The fourth-order valence-electron chi connectivity index (χ4n) is 2.47. The second kappa shape index (κ2) is 5.21. The summed E-state index contributed by atoms with van der Waals surface area (Å²) in [4.78, 5) is 13.5. The van der Waals surface area contributed by atoms with Gasteiger partial charge in [0.1, 0.15) is 5.75 Å². The number of rotatable bonds is 3. The van der Waals surface area contributed by atoms with E-state index in [0.717, 1.165) is 11.3 Å². The van der Waals surface area contributed by atoms with Gasteiger partial charge in [-0.3, -0.25) is 4.79 Å². The SMILES string of the molecule is CC1Oc2cc(C(CO)C(C)C)ccc2N(C)C1=O. The number of carbonyl (C=O) groups excluding carboxylic acids is 1. The number of hydrogen-bond donors (Lipinski definition) is 1. The molecule has 1 aromatic carbocycles. The molecule has 4 heteroatoms. The molecule has 0 fully saturated rings. The number of benzene rings is 1. The molecule has 104 valence electrons. The van der Waals surface area contributed by atoms with Crippen LogP contribution in [0.1, 0.15) is 32.3 Å². The van der Waals surface area contributed by atoms with Crippen molar-refractivity contribution in [1.29, 1.82) is 0 Å². The molecule has 1 amide bonds. The van der Waals surface area contributed by atoms with Crippen LogP contribution in [0.3, 0.4) is 0 Å². The fourth-order valence-corrected chi connectivity index (χ4v) is 2.47. The molecule has 0 aliphatic carbocycles. The van der Waals surface area contributed by atoms with Gasteiger partial charge >= 0.3 is 0 Å². The summed E-state index contributed by atoms with van der Waals surface area (Å²) in [6, 6.07) is 5.79. The minimum Gasteiger partial charge on any atom is -0.479 e. The number of carbonyl (C=O) groups is 1. The second-order valence-corrected chi connectivity index (χ2v) is 5.42. The summed E-state index contributed by atoms with van der Waals surface area (Å²) in [5.74, 6) is 1.12. The first kappa shape index (κ1) is 13.9. The van der Waals surface area contributed by atoms with Crippen molar-refractivity contribution in [3.63, 3.8) is 0 Å². The van der Waals surface area contributed by atoms with Crippen molar-refractivity contribution in [2.75, 3.05) is 18.6 Å². The summed E-state index contributed by atoms with van der Waals surface area (Å²) in [5, 5.41) is 9.49. The van der Waals surface area contributed by atoms with Gasteiger partial charge in [0.25, 0.3) is 5.91 Å². The largest absolute Gasteiger partial charge is 0.479 e. The number of nitrogens with zero attached hydrogens (tertiary/aromatic N) is 1. The third-order valence-electron chi connectivity index (χ3n) is 3.76. The van der Waals surface area contributed by atoms with Crippen molar-refractivity contribution in [3.05, 3.63) is 23.8 Å². The highest BCUT2D eigenvalue weighted by Gasteiger charge is 2.29. The van der Waals surface area contributed by atoms with Crippen LogP contribution in [0.15, 0.2) is 18.2 Å². The maximum absolute atomic E-state index is 11.8. The van der Waals surface area contributed by atoms with Crippen LogP contribution in [-0.2, 0) is 4.79 Å². The third kappa shape index (κ3) is 2.45. The van der Waals surface area contributed by atoms with Crippen LogP contribution in [0.5, 0.6) is 5.75 Å². The van der Waals surface area contributed by atoms with E-state index in [-0.39, 0.29) is 18.4 Å². The average molecular weight is 263 g/mol. The van der Waals surface area contributed by atoms with Crippen LogP contribution in [0.2, 0.25) is 0 Å². The van der Waals surface area contributed by atoms with E-state index in [9.17, 15) is 9.90 Å². The molecule has 0 bridgehead atoms. The molecule has 2 atom stereocenters. The Hall–Kier alpha value is -1.55. The van der Waals surface area contributed by atoms with Gasteiger partial charge in [0.2, 0.25) is 0 Å². The number of ether oxygens (including phenoxy) is 1. The lowest BCUT2D eigenvalue weighted by Crippen LogP contribution is -2.42. The van der Waals surface area contributed by atoms with E-state index >= 15 is 0 Å². The van der Waals surface area contributed by atoms with Gasteiger partial charge in [0.05, 0.1) is 12.3 Å². The highest BCUT2D eigenvalue weighted by Crippen LogP contribution is 2.37. The molecule has 0 saturated carbocycles. The second-order valence-electron chi connectivity index (χ2n) is 5.42. The molecule has 1 heterocycles. The number of aliphatic hydroxyl groups excluding tert-OH is 1. The molecule has 4 nitrogen and oxygen atoms in total. The van der Waals surface area contributed by atoms with E-state index in [0.29, 0.717) is 11.7 Å². The van der Waals surface area contributed by atoms with E-state index in [2.05, 4.69) is 13.8 Å². The van der Waals surface area contributed by atoms with Crippen molar-refractivity contribution in [3.8, 4) is 5.75 Å². The van der Waals surface area contributed by atoms with Crippen LogP contribution in [0.4, 0.5) is 5.69 Å². The Morgan fingerprint density at radius 2 is 2.11 bits per heavy atom. The maximum atomic E-state index is 11.8. The van der Waals surface area contributed by atoms with Crippen LogP contribution >= 0.6 is 0 Å². The monoisotopic (exact) mass is 263 g/mol. The number of aliphatic hydroxyl groups is 1. The first-order valence-corrected chi connectivity index (χ1v) is 6.64. The molecular weight excluding hydrogens is 242 g/mol. The Kier molecular flexibility index (Phi) is 3.80. The molecule has 1 aliphatic rings. The molecule has 2 rings (SSSR count). The zero-order chi connectivity index (χ0) is 14.2. The smallest absolute Gasteiger partial charge is 0.267 e. The molecule has 1 N–H and O–H groups in total. The lowest BCUT2D eigenvalue weighted by atomic mass is 9.89. The maximum Gasteiger partial charge on any atom is 0.267 e. The normalized spacial score (nSPS) is 20.2. The topological polar surface area (TPSA) is 49.8 Å². The average Bonchev–Trinajstić information content (AvgIpc) is 2.36. The highest BCUT2D eigenvalue weighted by molar-refractivity contribution is 5.99. The van der Waals surface area contributed by atoms with Gasteiger partial charge in [0.15, 0.2) is 6.10 Å². The molecule has 0 radical (unpaired) electrons. The number of likely N-dealkylation sites (N-methyl/N-ethyl adjacent to an activating group) is 1. The predicted octanol–water partition coefficient (Wildman–Crippen LogP) is 2.16. The van der Waals surface area contributed by atoms with Gasteiger partial charge in [0, 0.05) is 13.0 Å². The lowest BCUT2D eigenvalue weighted by molar-refractivity contribution is -0.125. The number of hydrogen-bond acceptors (Lipinski definition) is 3. The standard InChI is InChI=1S/C15H21NO3/c1-9(2)12(8-17)11-5-6-13-14(7-11)19-10(3)15(18)16(13)4/h5-7,9-10,12,17H,8H2,1-4H3. The van der Waals surface area contributed by atoms with Crippen molar-refractivity contribution >= 4 is 11.6 Å². The van der Waals surface area contributed by atoms with E-state index in [1.54, 1.807) is 18.9 Å². The van der Waals surface area contributed by atoms with Gasteiger partial charge in [-0.05, 0) is 30.5 Å². The van der Waals surface area contributed by atoms with Crippen LogP contribution < -0.4 is 9.64 Å². The highest BCUT2D eigenvalue weighted by atomic mass is 16.5. The zero-order valence-electron chi connectivity index (χ0n) is 11.9. The van der Waals surface area contributed by atoms with Gasteiger partial charge in [-0.1, -0.05) is 19.9 Å². The Labute approximate surface area is 114 Å². The van der Waals surface area contributed by atoms with Crippen molar-refractivity contribution < 1.29 is 14.6 Å². The molecule has 0 saturated heterocycles. The number of anilines is 1. The molecule has 19 heavy (non-hydrogen) atoms. The van der Waals surface area contributed by atoms with Gasteiger partial charge < -0.3 is 14.7 Å². The summed E-state index contributed by atoms with van der Waals surface area (Å²) in [7, 11) is 1.76. The van der Waals surface area contributed by atoms with Crippen molar-refractivity contribution in [2.24, 2.45) is 5.92 Å². The molecule has 2 unspecified atom stereocenters. The molecule has 1 aromatic rings. The van der Waals surface area contributed by atoms with Gasteiger partial charge in [-0.2, -0.15) is 0 Å². The molecule has 0 spiro atoms. The fraction of sp³-hybridized carbons (Fsp3) is 0.533. The quantitative estimate of drug-likeness (QED) is 0.909. The summed E-state index contributed by atoms with van der Waals surface area (Å²) in [6.45, 7) is 6.03. The predicted molar refractivity (Wildman–Crippen MR) is 74.6 cm³/mol. The molecule has 1 aliphatic heterocycles. The number of amides is 1. The first-order valence-electron chi connectivity index (χ1n) is 6.64. The van der Waals surface area contributed by atoms with Crippen LogP contribution in [0, 0.1) is 5.92 Å². The molecule has 0 aromatic heterocycles. The van der Waals surface area contributed by atoms with Gasteiger partial charge in [-0.15, -0.1) is 0 Å².